The first-order chi connectivity index (χ1) is 9.65. The van der Waals surface area contributed by atoms with Gasteiger partial charge in [-0.05, 0) is 44.8 Å². The average molecular weight is 292 g/mol. The van der Waals surface area contributed by atoms with Crippen LogP contribution in [0.1, 0.15) is 23.7 Å². The van der Waals surface area contributed by atoms with Gasteiger partial charge in [0.15, 0.2) is 5.78 Å². The molecule has 1 aliphatic rings. The van der Waals surface area contributed by atoms with E-state index in [1.54, 1.807) is 6.92 Å². The number of likely N-dealkylation sites (N-methyl/N-ethyl adjacent to an activating group) is 1. The Morgan fingerprint density at radius 2 is 1.80 bits per heavy atom. The largest absolute Gasteiger partial charge is 0.304 e. The molecule has 0 radical (unpaired) electrons. The Kier molecular flexibility index (Phi) is 6.07. The zero-order valence-electron chi connectivity index (χ0n) is 12.5. The van der Waals surface area contributed by atoms with Crippen molar-refractivity contribution in [2.75, 3.05) is 45.5 Å². The van der Waals surface area contributed by atoms with Crippen LogP contribution in [0.2, 0.25) is 0 Å². The van der Waals surface area contributed by atoms with E-state index >= 15 is 0 Å². The molecule has 0 bridgehead atoms. The summed E-state index contributed by atoms with van der Waals surface area (Å²) >= 11 is 1.88. The zero-order valence-corrected chi connectivity index (χ0v) is 13.3. The molecule has 0 saturated carbocycles. The highest BCUT2D eigenvalue weighted by atomic mass is 32.2. The van der Waals surface area contributed by atoms with Crippen LogP contribution in [0.5, 0.6) is 0 Å². The topological polar surface area (TPSA) is 23.6 Å². The predicted molar refractivity (Wildman–Crippen MR) is 85.7 cm³/mol. The highest BCUT2D eigenvalue weighted by molar-refractivity contribution is 7.99. The fourth-order valence-corrected chi connectivity index (χ4v) is 3.17. The lowest BCUT2D eigenvalue weighted by atomic mass is 10.2. The second-order valence-corrected chi connectivity index (χ2v) is 6.60. The number of ketones is 1. The van der Waals surface area contributed by atoms with Crippen LogP contribution in [0.15, 0.2) is 29.2 Å². The molecule has 0 atom stereocenters. The molecule has 3 nitrogen and oxygen atoms in total. The third-order valence-electron chi connectivity index (χ3n) is 3.74. The van der Waals surface area contributed by atoms with Crippen LogP contribution in [0.3, 0.4) is 0 Å². The molecule has 0 spiro atoms. The lowest BCUT2D eigenvalue weighted by molar-refractivity contribution is 0.101. The fraction of sp³-hybridized carbons (Fsp3) is 0.562. The minimum absolute atomic E-state index is 0.136. The van der Waals surface area contributed by atoms with E-state index in [9.17, 15) is 4.79 Å². The number of Topliss-reactive ketones (excluding diaryl/α,β-unsaturated/α-hetero) is 1. The highest BCUT2D eigenvalue weighted by Gasteiger charge is 2.12. The molecule has 1 heterocycles. The monoisotopic (exact) mass is 292 g/mol. The van der Waals surface area contributed by atoms with Gasteiger partial charge in [-0.1, -0.05) is 12.1 Å². The molecule has 0 aromatic heterocycles. The van der Waals surface area contributed by atoms with E-state index in [0.29, 0.717) is 0 Å². The Balaban J connectivity index is 1.64. The first-order valence-corrected chi connectivity index (χ1v) is 8.28. The van der Waals surface area contributed by atoms with Gasteiger partial charge in [0.1, 0.15) is 0 Å². The van der Waals surface area contributed by atoms with Crippen LogP contribution in [-0.4, -0.2) is 61.1 Å². The number of rotatable bonds is 6. The Labute approximate surface area is 126 Å². The molecule has 20 heavy (non-hydrogen) atoms. The molecule has 1 aliphatic heterocycles. The Hall–Kier alpha value is -0.840. The lowest BCUT2D eigenvalue weighted by Gasteiger charge is -2.32. The molecule has 0 aliphatic carbocycles. The minimum Gasteiger partial charge on any atom is -0.304 e. The molecule has 1 aromatic rings. The number of carbonyl (C=O) groups is 1. The summed E-state index contributed by atoms with van der Waals surface area (Å²) in [6.07, 6.45) is 1.23. The van der Waals surface area contributed by atoms with Crippen LogP contribution in [-0.2, 0) is 0 Å². The van der Waals surface area contributed by atoms with Gasteiger partial charge in [0.25, 0.3) is 0 Å². The van der Waals surface area contributed by atoms with Crippen molar-refractivity contribution >= 4 is 17.5 Å². The lowest BCUT2D eigenvalue weighted by Crippen LogP contribution is -2.44. The van der Waals surface area contributed by atoms with Crippen molar-refractivity contribution in [3.05, 3.63) is 29.8 Å². The number of hydrogen-bond donors (Lipinski definition) is 0. The third kappa shape index (κ3) is 4.93. The van der Waals surface area contributed by atoms with Crippen LogP contribution in [0.4, 0.5) is 0 Å². The van der Waals surface area contributed by atoms with Gasteiger partial charge in [-0.25, -0.2) is 0 Å². The normalized spacial score (nSPS) is 17.3. The highest BCUT2D eigenvalue weighted by Crippen LogP contribution is 2.19. The van der Waals surface area contributed by atoms with Crippen LogP contribution in [0, 0.1) is 0 Å². The fourth-order valence-electron chi connectivity index (χ4n) is 2.34. The zero-order chi connectivity index (χ0) is 14.4. The molecule has 4 heteroatoms. The molecule has 1 fully saturated rings. The summed E-state index contributed by atoms with van der Waals surface area (Å²) in [4.78, 5) is 17.4. The summed E-state index contributed by atoms with van der Waals surface area (Å²) in [7, 11) is 2.19. The molecule has 2 rings (SSSR count). The van der Waals surface area contributed by atoms with Crippen molar-refractivity contribution < 1.29 is 4.79 Å². The number of carbonyl (C=O) groups excluding carboxylic acids is 1. The summed E-state index contributed by atoms with van der Waals surface area (Å²) in [5, 5.41) is 0. The molecule has 1 saturated heterocycles. The number of nitrogens with zero attached hydrogens (tertiary/aromatic N) is 2. The molecular formula is C16H24N2OS. The van der Waals surface area contributed by atoms with Crippen LogP contribution >= 0.6 is 11.8 Å². The van der Waals surface area contributed by atoms with Gasteiger partial charge < -0.3 is 9.80 Å². The first-order valence-electron chi connectivity index (χ1n) is 7.30. The minimum atomic E-state index is 0.136. The maximum Gasteiger partial charge on any atom is 0.159 e. The molecule has 110 valence electrons. The number of benzene rings is 1. The van der Waals surface area contributed by atoms with Crippen molar-refractivity contribution in [2.24, 2.45) is 0 Å². The number of hydrogen-bond acceptors (Lipinski definition) is 4. The van der Waals surface area contributed by atoms with Gasteiger partial charge in [-0.15, -0.1) is 11.8 Å². The summed E-state index contributed by atoms with van der Waals surface area (Å²) in [6.45, 7) is 7.60. The van der Waals surface area contributed by atoms with Gasteiger partial charge in [0, 0.05) is 36.6 Å². The summed E-state index contributed by atoms with van der Waals surface area (Å²) in [6, 6.07) is 7.95. The average Bonchev–Trinajstić information content (AvgIpc) is 2.46. The van der Waals surface area contributed by atoms with Gasteiger partial charge in [-0.2, -0.15) is 0 Å². The molecule has 0 amide bonds. The molecule has 1 aromatic carbocycles. The quantitative estimate of drug-likeness (QED) is 0.457. The maximum absolute atomic E-state index is 11.2. The van der Waals surface area contributed by atoms with E-state index in [-0.39, 0.29) is 5.78 Å². The number of piperazine rings is 1. The van der Waals surface area contributed by atoms with Gasteiger partial charge in [-0.3, -0.25) is 4.79 Å². The molecule has 0 N–H and O–H groups in total. The Bertz CT molecular complexity index is 425. The van der Waals surface area contributed by atoms with Crippen molar-refractivity contribution in [2.45, 2.75) is 18.2 Å². The standard InChI is InChI=1S/C16H24N2OS/c1-14(19)15-4-6-16(7-5-15)20-13-3-8-18-11-9-17(2)10-12-18/h4-7H,3,8-13H2,1-2H3. The van der Waals surface area contributed by atoms with Crippen molar-refractivity contribution in [3.63, 3.8) is 0 Å². The number of thioether (sulfide) groups is 1. The molecular weight excluding hydrogens is 268 g/mol. The summed E-state index contributed by atoms with van der Waals surface area (Å²) in [5.41, 5.74) is 0.798. The van der Waals surface area contributed by atoms with E-state index in [4.69, 9.17) is 0 Å². The summed E-state index contributed by atoms with van der Waals surface area (Å²) < 4.78 is 0. The second-order valence-electron chi connectivity index (χ2n) is 5.43. The SMILES string of the molecule is CC(=O)c1ccc(SCCCN2CCN(C)CC2)cc1. The van der Waals surface area contributed by atoms with Crippen LogP contribution < -0.4 is 0 Å². The van der Waals surface area contributed by atoms with Gasteiger partial charge in [0.05, 0.1) is 0 Å². The van der Waals surface area contributed by atoms with Gasteiger partial charge >= 0.3 is 0 Å². The smallest absolute Gasteiger partial charge is 0.159 e. The van der Waals surface area contributed by atoms with Crippen LogP contribution in [0.25, 0.3) is 0 Å². The predicted octanol–water partition coefficient (Wildman–Crippen LogP) is 2.62. The summed E-state index contributed by atoms with van der Waals surface area (Å²) in [5.74, 6) is 1.28. The molecule has 0 unspecified atom stereocenters. The van der Waals surface area contributed by atoms with E-state index in [1.807, 2.05) is 23.9 Å². The van der Waals surface area contributed by atoms with Crippen molar-refractivity contribution in [1.82, 2.24) is 9.80 Å². The van der Waals surface area contributed by atoms with E-state index < -0.39 is 0 Å². The third-order valence-corrected chi connectivity index (χ3v) is 4.84. The second kappa shape index (κ2) is 7.81. The van der Waals surface area contributed by atoms with Gasteiger partial charge in [0.2, 0.25) is 0 Å². The van der Waals surface area contributed by atoms with Crippen molar-refractivity contribution in [1.29, 1.82) is 0 Å². The van der Waals surface area contributed by atoms with E-state index in [2.05, 4.69) is 29.0 Å². The first kappa shape index (κ1) is 15.5. The van der Waals surface area contributed by atoms with E-state index in [0.717, 1.165) is 11.3 Å². The van der Waals surface area contributed by atoms with E-state index in [1.165, 1.54) is 44.0 Å². The van der Waals surface area contributed by atoms with Crippen molar-refractivity contribution in [3.8, 4) is 0 Å². The Morgan fingerprint density at radius 3 is 2.40 bits per heavy atom. The maximum atomic E-state index is 11.2. The Morgan fingerprint density at radius 1 is 1.15 bits per heavy atom.